The van der Waals surface area contributed by atoms with Crippen LogP contribution in [0.2, 0.25) is 0 Å². The summed E-state index contributed by atoms with van der Waals surface area (Å²) in [6.07, 6.45) is 4.47. The van der Waals surface area contributed by atoms with Crippen LogP contribution < -0.4 is 5.32 Å². The molecule has 7 nitrogen and oxygen atoms in total. The summed E-state index contributed by atoms with van der Waals surface area (Å²) in [5, 5.41) is 7.12. The Hall–Kier alpha value is -2.97. The topological polar surface area (TPSA) is 84.3 Å². The lowest BCUT2D eigenvalue weighted by Crippen LogP contribution is -2.30. The van der Waals surface area contributed by atoms with Gasteiger partial charge < -0.3 is 5.32 Å². The highest BCUT2D eigenvalue weighted by Crippen LogP contribution is 2.17. The van der Waals surface area contributed by atoms with E-state index < -0.39 is 10.0 Å². The summed E-state index contributed by atoms with van der Waals surface area (Å²) in [5.74, 6) is -0.0870. The van der Waals surface area contributed by atoms with E-state index >= 15 is 0 Å². The van der Waals surface area contributed by atoms with Crippen molar-refractivity contribution in [2.24, 2.45) is 0 Å². The summed E-state index contributed by atoms with van der Waals surface area (Å²) >= 11 is 0. The molecule has 0 bridgehead atoms. The molecule has 0 saturated heterocycles. The quantitative estimate of drug-likeness (QED) is 0.523. The number of benzene rings is 2. The van der Waals surface area contributed by atoms with E-state index in [1.807, 2.05) is 55.1 Å². The highest BCUT2D eigenvalue weighted by atomic mass is 32.2. The van der Waals surface area contributed by atoms with Gasteiger partial charge in [0.1, 0.15) is 0 Å². The number of carbonyl (C=O) groups is 1. The Morgan fingerprint density at radius 1 is 1.03 bits per heavy atom. The summed E-state index contributed by atoms with van der Waals surface area (Å²) < 4.78 is 28.4. The Morgan fingerprint density at radius 2 is 1.77 bits per heavy atom. The molecule has 2 aromatic carbocycles. The van der Waals surface area contributed by atoms with Crippen molar-refractivity contribution in [2.45, 2.75) is 38.1 Å². The van der Waals surface area contributed by atoms with Crippen molar-refractivity contribution in [1.29, 1.82) is 0 Å². The first-order chi connectivity index (χ1) is 14.9. The Morgan fingerprint density at radius 3 is 2.42 bits per heavy atom. The smallest absolute Gasteiger partial charge is 0.243 e. The Labute approximate surface area is 183 Å². The van der Waals surface area contributed by atoms with Gasteiger partial charge in [-0.15, -0.1) is 0 Å². The minimum atomic E-state index is -3.47. The Kier molecular flexibility index (Phi) is 7.59. The summed E-state index contributed by atoms with van der Waals surface area (Å²) in [7, 11) is -3.47. The molecule has 1 aromatic heterocycles. The van der Waals surface area contributed by atoms with Crippen molar-refractivity contribution in [1.82, 2.24) is 14.1 Å². The van der Waals surface area contributed by atoms with Crippen LogP contribution in [0.3, 0.4) is 0 Å². The molecule has 1 amide bonds. The molecule has 164 valence electrons. The molecule has 0 spiro atoms. The van der Waals surface area contributed by atoms with Gasteiger partial charge >= 0.3 is 0 Å². The average molecular weight is 441 g/mol. The van der Waals surface area contributed by atoms with Crippen molar-refractivity contribution >= 4 is 21.6 Å². The molecule has 0 aliphatic rings. The van der Waals surface area contributed by atoms with Crippen LogP contribution in [-0.4, -0.2) is 41.5 Å². The zero-order valence-corrected chi connectivity index (χ0v) is 18.7. The number of sulfonamides is 1. The molecule has 0 unspecified atom stereocenters. The predicted octanol–water partition coefficient (Wildman–Crippen LogP) is 3.53. The fourth-order valence-corrected chi connectivity index (χ4v) is 4.81. The first kappa shape index (κ1) is 22.7. The molecule has 31 heavy (non-hydrogen) atoms. The number of aromatic nitrogens is 2. The highest BCUT2D eigenvalue weighted by molar-refractivity contribution is 7.89. The van der Waals surface area contributed by atoms with Gasteiger partial charge in [-0.2, -0.15) is 9.40 Å². The van der Waals surface area contributed by atoms with Crippen LogP contribution in [0.5, 0.6) is 0 Å². The lowest BCUT2D eigenvalue weighted by Gasteiger charge is -2.18. The van der Waals surface area contributed by atoms with Gasteiger partial charge in [-0.3, -0.25) is 9.48 Å². The van der Waals surface area contributed by atoms with E-state index in [1.165, 1.54) is 4.31 Å². The zero-order valence-electron chi connectivity index (χ0n) is 17.9. The second-order valence-electron chi connectivity index (χ2n) is 7.19. The third-order valence-corrected chi connectivity index (χ3v) is 7.09. The van der Waals surface area contributed by atoms with Crippen molar-refractivity contribution in [3.05, 3.63) is 78.1 Å². The van der Waals surface area contributed by atoms with Crippen molar-refractivity contribution in [3.63, 3.8) is 0 Å². The first-order valence-electron chi connectivity index (χ1n) is 10.4. The van der Waals surface area contributed by atoms with Gasteiger partial charge in [0.25, 0.3) is 0 Å². The number of hydrogen-bond donors (Lipinski definition) is 1. The van der Waals surface area contributed by atoms with Gasteiger partial charge in [-0.25, -0.2) is 8.42 Å². The van der Waals surface area contributed by atoms with E-state index in [2.05, 4.69) is 10.4 Å². The largest absolute Gasteiger partial charge is 0.326 e. The third-order valence-electron chi connectivity index (χ3n) is 5.02. The molecule has 0 atom stereocenters. The standard InChI is InChI=1S/C23H28N4O3S/c1-3-27(4-2)31(29,30)22-12-9-19(10-13-22)11-14-23(28)25-21-8-5-7-20(17-21)18-26-16-6-15-24-26/h5-10,12-13,15-17H,3-4,11,14,18H2,1-2H3,(H,25,28). The fourth-order valence-electron chi connectivity index (χ4n) is 3.35. The molecule has 0 radical (unpaired) electrons. The summed E-state index contributed by atoms with van der Waals surface area (Å²) in [4.78, 5) is 12.7. The second-order valence-corrected chi connectivity index (χ2v) is 9.12. The molecule has 0 aliphatic carbocycles. The van der Waals surface area contributed by atoms with Gasteiger partial charge in [0.05, 0.1) is 11.4 Å². The molecule has 3 rings (SSSR count). The van der Waals surface area contributed by atoms with Crippen molar-refractivity contribution < 1.29 is 13.2 Å². The molecule has 0 aliphatic heterocycles. The Balaban J connectivity index is 1.55. The monoisotopic (exact) mass is 440 g/mol. The van der Waals surface area contributed by atoms with Gasteiger partial charge in [-0.1, -0.05) is 38.1 Å². The molecular weight excluding hydrogens is 412 g/mol. The zero-order chi connectivity index (χ0) is 22.3. The maximum absolute atomic E-state index is 12.6. The van der Waals surface area contributed by atoms with Crippen LogP contribution in [-0.2, 0) is 27.8 Å². The van der Waals surface area contributed by atoms with E-state index in [0.29, 0.717) is 32.5 Å². The van der Waals surface area contributed by atoms with Gasteiger partial charge in [0, 0.05) is 37.6 Å². The molecule has 0 saturated carbocycles. The second kappa shape index (κ2) is 10.4. The van der Waals surface area contributed by atoms with Crippen molar-refractivity contribution in [2.75, 3.05) is 18.4 Å². The minimum Gasteiger partial charge on any atom is -0.326 e. The van der Waals surface area contributed by atoms with E-state index in [4.69, 9.17) is 0 Å². The maximum atomic E-state index is 12.6. The van der Waals surface area contributed by atoms with Gasteiger partial charge in [-0.05, 0) is 47.9 Å². The summed E-state index contributed by atoms with van der Waals surface area (Å²) in [5.41, 5.74) is 2.71. The molecule has 8 heteroatoms. The van der Waals surface area contributed by atoms with E-state index in [-0.39, 0.29) is 10.8 Å². The first-order valence-corrected chi connectivity index (χ1v) is 11.8. The number of nitrogens with zero attached hydrogens (tertiary/aromatic N) is 3. The number of aryl methyl sites for hydroxylation is 1. The van der Waals surface area contributed by atoms with Crippen LogP contribution in [0.4, 0.5) is 5.69 Å². The lowest BCUT2D eigenvalue weighted by molar-refractivity contribution is -0.116. The number of anilines is 1. The third kappa shape index (κ3) is 6.02. The van der Waals surface area contributed by atoms with Crippen LogP contribution in [0, 0.1) is 0 Å². The van der Waals surface area contributed by atoms with Crippen LogP contribution >= 0.6 is 0 Å². The lowest BCUT2D eigenvalue weighted by atomic mass is 10.1. The number of nitrogens with one attached hydrogen (secondary N) is 1. The van der Waals surface area contributed by atoms with Crippen LogP contribution in [0.1, 0.15) is 31.4 Å². The van der Waals surface area contributed by atoms with Crippen molar-refractivity contribution in [3.8, 4) is 0 Å². The molecule has 0 fully saturated rings. The summed E-state index contributed by atoms with van der Waals surface area (Å²) in [6, 6.07) is 16.3. The molecular formula is C23H28N4O3S. The molecule has 1 N–H and O–H groups in total. The highest BCUT2D eigenvalue weighted by Gasteiger charge is 2.21. The van der Waals surface area contributed by atoms with Crippen LogP contribution in [0.25, 0.3) is 0 Å². The van der Waals surface area contributed by atoms with Gasteiger partial charge in [0.15, 0.2) is 0 Å². The SMILES string of the molecule is CCN(CC)S(=O)(=O)c1ccc(CCC(=O)Nc2cccc(Cn3cccn3)c2)cc1. The summed E-state index contributed by atoms with van der Waals surface area (Å²) in [6.45, 7) is 5.15. The number of hydrogen-bond acceptors (Lipinski definition) is 4. The van der Waals surface area contributed by atoms with E-state index in [1.54, 1.807) is 30.5 Å². The predicted molar refractivity (Wildman–Crippen MR) is 121 cm³/mol. The average Bonchev–Trinajstić information content (AvgIpc) is 3.26. The number of rotatable bonds is 10. The minimum absolute atomic E-state index is 0.0870. The van der Waals surface area contributed by atoms with Gasteiger partial charge in [0.2, 0.25) is 15.9 Å². The van der Waals surface area contributed by atoms with E-state index in [0.717, 1.165) is 16.8 Å². The number of amides is 1. The Bertz CT molecular complexity index is 1090. The van der Waals surface area contributed by atoms with Crippen LogP contribution in [0.15, 0.2) is 71.9 Å². The maximum Gasteiger partial charge on any atom is 0.243 e. The fraction of sp³-hybridized carbons (Fsp3) is 0.304. The number of carbonyl (C=O) groups excluding carboxylic acids is 1. The molecule has 3 aromatic rings. The normalized spacial score (nSPS) is 11.6. The molecule has 1 heterocycles. The van der Waals surface area contributed by atoms with E-state index in [9.17, 15) is 13.2 Å².